The number of aromatic nitrogens is 3. The van der Waals surface area contributed by atoms with Crippen molar-refractivity contribution in [1.82, 2.24) is 25.4 Å². The molecule has 0 unspecified atom stereocenters. The van der Waals surface area contributed by atoms with E-state index in [4.69, 9.17) is 0 Å². The van der Waals surface area contributed by atoms with E-state index in [1.165, 1.54) is 6.07 Å². The van der Waals surface area contributed by atoms with Crippen LogP contribution in [0.25, 0.3) is 17.1 Å². The number of aryl methyl sites for hydroxylation is 1. The zero-order chi connectivity index (χ0) is 20.8. The van der Waals surface area contributed by atoms with Crippen LogP contribution < -0.4 is 10.6 Å². The van der Waals surface area contributed by atoms with Gasteiger partial charge >= 0.3 is 6.03 Å². The number of carbonyl (C=O) groups is 2. The number of urea groups is 1. The van der Waals surface area contributed by atoms with Crippen molar-refractivity contribution in [1.29, 1.82) is 0 Å². The van der Waals surface area contributed by atoms with E-state index < -0.39 is 17.8 Å². The number of thioether (sulfide) groups is 1. The van der Waals surface area contributed by atoms with Crippen LogP contribution in [0.2, 0.25) is 0 Å². The first-order valence-electron chi connectivity index (χ1n) is 8.97. The van der Waals surface area contributed by atoms with Gasteiger partial charge in [0.2, 0.25) is 5.91 Å². The summed E-state index contributed by atoms with van der Waals surface area (Å²) in [4.78, 5) is 23.5. The normalized spacial score (nSPS) is 10.6. The molecule has 0 aliphatic rings. The Morgan fingerprint density at radius 1 is 1.10 bits per heavy atom. The maximum Gasteiger partial charge on any atom is 0.321 e. The van der Waals surface area contributed by atoms with Gasteiger partial charge in [0.05, 0.1) is 11.3 Å². The molecule has 0 radical (unpaired) electrons. The number of carbonyl (C=O) groups excluding carboxylic acids is 2. The summed E-state index contributed by atoms with van der Waals surface area (Å²) in [7, 11) is 0. The number of imide groups is 1. The van der Waals surface area contributed by atoms with Gasteiger partial charge in [-0.25, -0.2) is 9.18 Å². The van der Waals surface area contributed by atoms with Gasteiger partial charge in [-0.15, -0.1) is 10.2 Å². The first-order valence-corrected chi connectivity index (χ1v) is 9.96. The third kappa shape index (κ3) is 5.00. The highest BCUT2D eigenvalue weighted by atomic mass is 32.2. The van der Waals surface area contributed by atoms with Crippen LogP contribution >= 0.6 is 11.8 Å². The van der Waals surface area contributed by atoms with Gasteiger partial charge in [0.1, 0.15) is 5.82 Å². The van der Waals surface area contributed by atoms with Crippen molar-refractivity contribution < 1.29 is 14.0 Å². The van der Waals surface area contributed by atoms with Crippen molar-refractivity contribution in [2.45, 2.75) is 19.0 Å². The molecule has 9 heteroatoms. The molecule has 3 amide bonds. The molecule has 150 valence electrons. The van der Waals surface area contributed by atoms with E-state index in [-0.39, 0.29) is 5.75 Å². The van der Waals surface area contributed by atoms with Crippen LogP contribution in [-0.4, -0.2) is 39.0 Å². The Balaban J connectivity index is 1.91. The van der Waals surface area contributed by atoms with Gasteiger partial charge in [0.15, 0.2) is 11.0 Å². The average Bonchev–Trinajstić information content (AvgIpc) is 3.11. The van der Waals surface area contributed by atoms with Crippen molar-refractivity contribution in [2.75, 3.05) is 12.3 Å². The first kappa shape index (κ1) is 20.5. The Labute approximate surface area is 171 Å². The van der Waals surface area contributed by atoms with Gasteiger partial charge in [0, 0.05) is 12.2 Å². The second-order valence-electron chi connectivity index (χ2n) is 6.15. The molecule has 0 aliphatic heterocycles. The van der Waals surface area contributed by atoms with Crippen LogP contribution in [0.1, 0.15) is 12.5 Å². The first-order chi connectivity index (χ1) is 14.0. The summed E-state index contributed by atoms with van der Waals surface area (Å²) >= 11 is 1.11. The van der Waals surface area contributed by atoms with Crippen molar-refractivity contribution in [2.24, 2.45) is 0 Å². The van der Waals surface area contributed by atoms with Crippen LogP contribution in [0, 0.1) is 12.7 Å². The Hall–Kier alpha value is -3.20. The standard InChI is InChI=1S/C20H20FN5O2S/c1-3-22-19(28)23-17(27)12-29-20-25-24-18(15-6-4-5-7-16(15)21)26(20)14-10-8-13(2)9-11-14/h4-11H,3,12H2,1-2H3,(H2,22,23,27,28). The van der Waals surface area contributed by atoms with E-state index in [1.54, 1.807) is 29.7 Å². The third-order valence-corrected chi connectivity index (χ3v) is 4.89. The zero-order valence-corrected chi connectivity index (χ0v) is 16.8. The quantitative estimate of drug-likeness (QED) is 0.605. The van der Waals surface area contributed by atoms with Gasteiger partial charge in [-0.1, -0.05) is 41.6 Å². The molecule has 1 heterocycles. The van der Waals surface area contributed by atoms with Crippen molar-refractivity contribution in [3.05, 3.63) is 59.9 Å². The molecule has 7 nitrogen and oxygen atoms in total. The van der Waals surface area contributed by atoms with E-state index in [0.717, 1.165) is 23.0 Å². The Morgan fingerprint density at radius 3 is 2.52 bits per heavy atom. The summed E-state index contributed by atoms with van der Waals surface area (Å²) in [6.07, 6.45) is 0. The lowest BCUT2D eigenvalue weighted by Gasteiger charge is -2.11. The minimum atomic E-state index is -0.551. The van der Waals surface area contributed by atoms with Gasteiger partial charge in [-0.3, -0.25) is 14.7 Å². The molecule has 3 aromatic rings. The van der Waals surface area contributed by atoms with Gasteiger partial charge in [-0.2, -0.15) is 0 Å². The Bertz CT molecular complexity index is 1020. The number of nitrogens with zero attached hydrogens (tertiary/aromatic N) is 3. The fraction of sp³-hybridized carbons (Fsp3) is 0.200. The summed E-state index contributed by atoms with van der Waals surface area (Å²) in [5.41, 5.74) is 2.12. The molecule has 2 aromatic carbocycles. The van der Waals surface area contributed by atoms with Gasteiger partial charge < -0.3 is 5.32 Å². The molecule has 0 atom stereocenters. The molecular formula is C20H20FN5O2S. The van der Waals surface area contributed by atoms with Crippen molar-refractivity contribution >= 4 is 23.7 Å². The topological polar surface area (TPSA) is 88.9 Å². The lowest BCUT2D eigenvalue weighted by molar-refractivity contribution is -0.117. The number of hydrogen-bond donors (Lipinski definition) is 2. The fourth-order valence-corrected chi connectivity index (χ4v) is 3.36. The largest absolute Gasteiger partial charge is 0.338 e. The van der Waals surface area contributed by atoms with Crippen molar-refractivity contribution in [3.8, 4) is 17.1 Å². The highest BCUT2D eigenvalue weighted by Crippen LogP contribution is 2.29. The lowest BCUT2D eigenvalue weighted by atomic mass is 10.2. The summed E-state index contributed by atoms with van der Waals surface area (Å²) in [5.74, 6) is -0.595. The van der Waals surface area contributed by atoms with Gasteiger partial charge in [-0.05, 0) is 38.1 Å². The molecule has 0 bridgehead atoms. The molecule has 0 spiro atoms. The number of amides is 3. The summed E-state index contributed by atoms with van der Waals surface area (Å²) in [6, 6.07) is 13.4. The predicted molar refractivity (Wildman–Crippen MR) is 109 cm³/mol. The van der Waals surface area contributed by atoms with Crippen molar-refractivity contribution in [3.63, 3.8) is 0 Å². The second-order valence-corrected chi connectivity index (χ2v) is 7.10. The minimum absolute atomic E-state index is 0.0433. The number of rotatable bonds is 6. The summed E-state index contributed by atoms with van der Waals surface area (Å²) in [5, 5.41) is 13.5. The molecule has 0 saturated heterocycles. The zero-order valence-electron chi connectivity index (χ0n) is 16.0. The van der Waals surface area contributed by atoms with Crippen LogP contribution in [-0.2, 0) is 4.79 Å². The maximum atomic E-state index is 14.4. The maximum absolute atomic E-state index is 14.4. The third-order valence-electron chi connectivity index (χ3n) is 3.96. The van der Waals surface area contributed by atoms with E-state index in [0.29, 0.717) is 23.1 Å². The molecule has 0 fully saturated rings. The lowest BCUT2D eigenvalue weighted by Crippen LogP contribution is -2.40. The summed E-state index contributed by atoms with van der Waals surface area (Å²) in [6.45, 7) is 4.14. The number of halogens is 1. The highest BCUT2D eigenvalue weighted by molar-refractivity contribution is 7.99. The van der Waals surface area contributed by atoms with Crippen LogP contribution in [0.3, 0.4) is 0 Å². The SMILES string of the molecule is CCNC(=O)NC(=O)CSc1nnc(-c2ccccc2F)n1-c1ccc(C)cc1. The molecule has 0 saturated carbocycles. The molecule has 3 rings (SSSR count). The van der Waals surface area contributed by atoms with E-state index in [9.17, 15) is 14.0 Å². The Morgan fingerprint density at radius 2 is 1.83 bits per heavy atom. The predicted octanol–water partition coefficient (Wildman–Crippen LogP) is 3.32. The monoisotopic (exact) mass is 413 g/mol. The van der Waals surface area contributed by atoms with Crippen LogP contribution in [0.5, 0.6) is 0 Å². The number of benzene rings is 2. The Kier molecular flexibility index (Phi) is 6.61. The average molecular weight is 413 g/mol. The van der Waals surface area contributed by atoms with Gasteiger partial charge in [0.25, 0.3) is 0 Å². The smallest absolute Gasteiger partial charge is 0.321 e. The van der Waals surface area contributed by atoms with E-state index in [1.807, 2.05) is 31.2 Å². The molecule has 0 aliphatic carbocycles. The number of nitrogens with one attached hydrogen (secondary N) is 2. The van der Waals surface area contributed by atoms with E-state index in [2.05, 4.69) is 20.8 Å². The van der Waals surface area contributed by atoms with Crippen LogP contribution in [0.15, 0.2) is 53.7 Å². The van der Waals surface area contributed by atoms with Crippen LogP contribution in [0.4, 0.5) is 9.18 Å². The summed E-state index contributed by atoms with van der Waals surface area (Å²) < 4.78 is 16.1. The highest BCUT2D eigenvalue weighted by Gasteiger charge is 2.19. The van der Waals surface area contributed by atoms with E-state index >= 15 is 0 Å². The second kappa shape index (κ2) is 9.33. The molecule has 29 heavy (non-hydrogen) atoms. The molecule has 1 aromatic heterocycles. The molecular weight excluding hydrogens is 393 g/mol. The fourth-order valence-electron chi connectivity index (χ4n) is 2.60. The molecule has 2 N–H and O–H groups in total. The number of hydrogen-bond acceptors (Lipinski definition) is 5. The minimum Gasteiger partial charge on any atom is -0.338 e.